The number of rotatable bonds is 3. The van der Waals surface area contributed by atoms with Gasteiger partial charge in [0, 0.05) is 13.1 Å². The highest BCUT2D eigenvalue weighted by molar-refractivity contribution is 6.30. The molecular weight excluding hydrogens is 278 g/mol. The Morgan fingerprint density at radius 2 is 2.10 bits per heavy atom. The fraction of sp³-hybridized carbons (Fsp3) is 0.714. The highest BCUT2D eigenvalue weighted by Gasteiger charge is 2.21. The Hall–Kier alpha value is -1.07. The molecule has 112 valence electrons. The summed E-state index contributed by atoms with van der Waals surface area (Å²) in [6.45, 7) is 6.28. The van der Waals surface area contributed by atoms with Crippen molar-refractivity contribution in [3.63, 3.8) is 0 Å². The summed E-state index contributed by atoms with van der Waals surface area (Å²) in [6.07, 6.45) is 2.16. The lowest BCUT2D eigenvalue weighted by atomic mass is 9.98. The Labute approximate surface area is 123 Å². The molecule has 0 bridgehead atoms. The van der Waals surface area contributed by atoms with Crippen LogP contribution in [0.2, 0.25) is 5.15 Å². The van der Waals surface area contributed by atoms with E-state index in [0.717, 1.165) is 25.9 Å². The third kappa shape index (κ3) is 3.15. The number of aromatic nitrogens is 2. The largest absolute Gasteiger partial charge is 0.329 e. The van der Waals surface area contributed by atoms with E-state index in [1.165, 1.54) is 4.57 Å². The van der Waals surface area contributed by atoms with Crippen molar-refractivity contribution in [2.75, 3.05) is 20.1 Å². The highest BCUT2D eigenvalue weighted by Crippen LogP contribution is 2.18. The van der Waals surface area contributed by atoms with Crippen LogP contribution in [0.3, 0.4) is 0 Å². The number of piperidine rings is 1. The van der Waals surface area contributed by atoms with Crippen LogP contribution >= 0.6 is 11.6 Å². The van der Waals surface area contributed by atoms with Gasteiger partial charge in [-0.3, -0.25) is 14.3 Å². The lowest BCUT2D eigenvalue weighted by molar-refractivity contribution is 0.192. The molecule has 6 heteroatoms. The van der Waals surface area contributed by atoms with Gasteiger partial charge in [0.15, 0.2) is 0 Å². The van der Waals surface area contributed by atoms with E-state index in [1.54, 1.807) is 0 Å². The fourth-order valence-corrected chi connectivity index (χ4v) is 3.29. The molecule has 0 amide bonds. The van der Waals surface area contributed by atoms with Gasteiger partial charge in [-0.25, -0.2) is 4.79 Å². The minimum absolute atomic E-state index is 0.00729. The molecule has 1 saturated heterocycles. The van der Waals surface area contributed by atoms with Crippen LogP contribution < -0.4 is 11.2 Å². The van der Waals surface area contributed by atoms with E-state index in [1.807, 2.05) is 13.8 Å². The molecule has 0 aromatic carbocycles. The molecule has 2 heterocycles. The third-order valence-electron chi connectivity index (χ3n) is 3.91. The maximum Gasteiger partial charge on any atom is 0.329 e. The molecule has 1 aliphatic heterocycles. The van der Waals surface area contributed by atoms with Crippen molar-refractivity contribution in [2.45, 2.75) is 39.2 Å². The van der Waals surface area contributed by atoms with Crippen LogP contribution in [-0.4, -0.2) is 34.6 Å². The molecule has 5 nitrogen and oxygen atoms in total. The van der Waals surface area contributed by atoms with Gasteiger partial charge in [0.1, 0.15) is 5.15 Å². The monoisotopic (exact) mass is 299 g/mol. The summed E-state index contributed by atoms with van der Waals surface area (Å²) in [5.41, 5.74) is -0.157. The molecule has 1 aliphatic rings. The van der Waals surface area contributed by atoms with E-state index >= 15 is 0 Å². The summed E-state index contributed by atoms with van der Waals surface area (Å²) in [4.78, 5) is 29.3. The number of H-pyrrole nitrogens is 1. The predicted octanol–water partition coefficient (Wildman–Crippen LogP) is 1.66. The minimum atomic E-state index is -0.405. The Balaban J connectivity index is 2.34. The van der Waals surface area contributed by atoms with Gasteiger partial charge in [0.2, 0.25) is 0 Å². The zero-order chi connectivity index (χ0) is 14.9. The van der Waals surface area contributed by atoms with Crippen molar-refractivity contribution in [3.05, 3.63) is 31.6 Å². The molecule has 1 fully saturated rings. The van der Waals surface area contributed by atoms with Gasteiger partial charge in [-0.15, -0.1) is 0 Å². The smallest absolute Gasteiger partial charge is 0.306 e. The summed E-state index contributed by atoms with van der Waals surface area (Å²) in [5.74, 6) is 0.334. The number of nitrogens with one attached hydrogen (secondary N) is 1. The van der Waals surface area contributed by atoms with Gasteiger partial charge < -0.3 is 4.90 Å². The van der Waals surface area contributed by atoms with Crippen molar-refractivity contribution in [1.29, 1.82) is 0 Å². The molecule has 20 heavy (non-hydrogen) atoms. The fourth-order valence-electron chi connectivity index (χ4n) is 2.91. The zero-order valence-corrected chi connectivity index (χ0v) is 13.0. The first kappa shape index (κ1) is 15.3. The number of hydrogen-bond acceptors (Lipinski definition) is 3. The average Bonchev–Trinajstić information content (AvgIpc) is 2.33. The van der Waals surface area contributed by atoms with E-state index in [4.69, 9.17) is 11.6 Å². The second-order valence-electron chi connectivity index (χ2n) is 6.00. The molecule has 0 saturated carbocycles. The van der Waals surface area contributed by atoms with Crippen LogP contribution in [0.4, 0.5) is 0 Å². The number of aromatic amines is 1. The van der Waals surface area contributed by atoms with Crippen LogP contribution in [0.5, 0.6) is 0 Å². The zero-order valence-electron chi connectivity index (χ0n) is 12.3. The van der Waals surface area contributed by atoms with E-state index in [2.05, 4.69) is 16.9 Å². The number of likely N-dealkylation sites (tertiary alicyclic amines) is 1. The maximum absolute atomic E-state index is 12.5. The highest BCUT2D eigenvalue weighted by atomic mass is 35.5. The lowest BCUT2D eigenvalue weighted by Crippen LogP contribution is -2.42. The molecule has 0 spiro atoms. The molecule has 0 aliphatic carbocycles. The van der Waals surface area contributed by atoms with Gasteiger partial charge in [-0.2, -0.15) is 0 Å². The van der Waals surface area contributed by atoms with Crippen molar-refractivity contribution < 1.29 is 0 Å². The quantitative estimate of drug-likeness (QED) is 0.864. The normalized spacial score (nSPS) is 20.6. The Bertz CT molecular complexity index is 591. The van der Waals surface area contributed by atoms with E-state index in [0.29, 0.717) is 18.0 Å². The maximum atomic E-state index is 12.5. The van der Waals surface area contributed by atoms with Gasteiger partial charge >= 0.3 is 5.69 Å². The van der Waals surface area contributed by atoms with Gasteiger partial charge in [-0.1, -0.05) is 25.4 Å². The minimum Gasteiger partial charge on any atom is -0.306 e. The Morgan fingerprint density at radius 3 is 2.70 bits per heavy atom. The first-order valence-corrected chi connectivity index (χ1v) is 7.49. The molecule has 1 N–H and O–H groups in total. The first-order chi connectivity index (χ1) is 9.40. The van der Waals surface area contributed by atoms with Crippen molar-refractivity contribution >= 4 is 11.6 Å². The summed E-state index contributed by atoms with van der Waals surface area (Å²) < 4.78 is 1.31. The van der Waals surface area contributed by atoms with E-state index < -0.39 is 5.69 Å². The molecule has 1 aromatic rings. The molecular formula is C14H22ClN3O2. The van der Waals surface area contributed by atoms with Gasteiger partial charge in [-0.05, 0) is 38.3 Å². The second-order valence-corrected chi connectivity index (χ2v) is 6.38. The number of hydrogen-bond donors (Lipinski definition) is 1. The van der Waals surface area contributed by atoms with Crippen molar-refractivity contribution in [1.82, 2.24) is 14.5 Å². The van der Waals surface area contributed by atoms with Gasteiger partial charge in [0.25, 0.3) is 5.56 Å². The second kappa shape index (κ2) is 6.14. The average molecular weight is 300 g/mol. The molecule has 0 radical (unpaired) electrons. The SMILES string of the molecule is CC(C)c1c(Cl)[nH]c(=O)n(CC2CCCN(C)C2)c1=O. The summed E-state index contributed by atoms with van der Waals surface area (Å²) in [5, 5.41) is 0.173. The van der Waals surface area contributed by atoms with Crippen LogP contribution in [0.1, 0.15) is 38.2 Å². The standard InChI is InChI=1S/C14H22ClN3O2/c1-9(2)11-12(15)16-14(20)18(13(11)19)8-10-5-4-6-17(3)7-10/h9-10H,4-8H2,1-3H3,(H,16,20). The molecule has 1 unspecified atom stereocenters. The van der Waals surface area contributed by atoms with E-state index in [-0.39, 0.29) is 16.6 Å². The Kier molecular flexibility index (Phi) is 4.70. The first-order valence-electron chi connectivity index (χ1n) is 7.11. The number of nitrogens with zero attached hydrogens (tertiary/aromatic N) is 2. The predicted molar refractivity (Wildman–Crippen MR) is 80.6 cm³/mol. The van der Waals surface area contributed by atoms with Crippen LogP contribution in [0.15, 0.2) is 9.59 Å². The summed E-state index contributed by atoms with van der Waals surface area (Å²) >= 11 is 5.99. The summed E-state index contributed by atoms with van der Waals surface area (Å²) in [7, 11) is 2.07. The van der Waals surface area contributed by atoms with Crippen LogP contribution in [0, 0.1) is 5.92 Å². The summed E-state index contributed by atoms with van der Waals surface area (Å²) in [6, 6.07) is 0. The number of halogens is 1. The van der Waals surface area contributed by atoms with Crippen LogP contribution in [0.25, 0.3) is 0 Å². The van der Waals surface area contributed by atoms with Crippen molar-refractivity contribution in [3.8, 4) is 0 Å². The molecule has 2 rings (SSSR count). The topological polar surface area (TPSA) is 58.1 Å². The Morgan fingerprint density at radius 1 is 1.40 bits per heavy atom. The van der Waals surface area contributed by atoms with Gasteiger partial charge in [0.05, 0.1) is 5.56 Å². The van der Waals surface area contributed by atoms with Crippen LogP contribution in [-0.2, 0) is 6.54 Å². The molecule has 1 atom stereocenters. The third-order valence-corrected chi connectivity index (χ3v) is 4.21. The lowest BCUT2D eigenvalue weighted by Gasteiger charge is -2.29. The molecule has 1 aromatic heterocycles. The van der Waals surface area contributed by atoms with Crippen molar-refractivity contribution in [2.24, 2.45) is 5.92 Å². The van der Waals surface area contributed by atoms with E-state index in [9.17, 15) is 9.59 Å².